The normalized spacial score (nSPS) is 13.7. The lowest BCUT2D eigenvalue weighted by molar-refractivity contribution is -0.125. The molecular weight excluding hydrogens is 480 g/mol. The number of halogens is 1. The van der Waals surface area contributed by atoms with Gasteiger partial charge in [-0.3, -0.25) is 4.79 Å². The van der Waals surface area contributed by atoms with E-state index in [-0.39, 0.29) is 11.5 Å². The van der Waals surface area contributed by atoms with Crippen molar-refractivity contribution >= 4 is 38.7 Å². The van der Waals surface area contributed by atoms with Gasteiger partial charge in [0.05, 0.1) is 11.1 Å². The quantitative estimate of drug-likeness (QED) is 0.287. The summed E-state index contributed by atoms with van der Waals surface area (Å²) < 4.78 is 12.7. The molecule has 0 bridgehead atoms. The van der Waals surface area contributed by atoms with Gasteiger partial charge in [0, 0.05) is 13.1 Å². The minimum atomic E-state index is -0.222. The molecule has 6 heteroatoms. The third-order valence-electron chi connectivity index (χ3n) is 5.64. The molecule has 0 unspecified atom stereocenters. The highest BCUT2D eigenvalue weighted by molar-refractivity contribution is 9.10. The van der Waals surface area contributed by atoms with Gasteiger partial charge in [0.15, 0.2) is 11.5 Å². The van der Waals surface area contributed by atoms with E-state index >= 15 is 0 Å². The second kappa shape index (κ2) is 10.5. The first-order chi connectivity index (χ1) is 16.1. The van der Waals surface area contributed by atoms with Crippen molar-refractivity contribution in [2.75, 3.05) is 19.7 Å². The lowest BCUT2D eigenvalue weighted by atomic mass is 10.1. The van der Waals surface area contributed by atoms with Crippen LogP contribution in [0.2, 0.25) is 0 Å². The number of fused-ring (bicyclic) bond motifs is 1. The average molecular weight is 505 g/mol. The van der Waals surface area contributed by atoms with Crippen LogP contribution in [-0.2, 0) is 11.4 Å². The van der Waals surface area contributed by atoms with E-state index in [9.17, 15) is 10.1 Å². The molecule has 33 heavy (non-hydrogen) atoms. The number of ether oxygens (including phenoxy) is 2. The maximum absolute atomic E-state index is 12.7. The number of amides is 1. The number of nitriles is 1. The number of hydrogen-bond acceptors (Lipinski definition) is 4. The van der Waals surface area contributed by atoms with Crippen LogP contribution in [0.15, 0.2) is 64.6 Å². The molecule has 3 aromatic carbocycles. The number of hydrogen-bond donors (Lipinski definition) is 0. The van der Waals surface area contributed by atoms with E-state index in [1.807, 2.05) is 31.2 Å². The van der Waals surface area contributed by atoms with Gasteiger partial charge in [-0.15, -0.1) is 0 Å². The van der Waals surface area contributed by atoms with Crippen LogP contribution in [0.25, 0.3) is 16.8 Å². The number of rotatable bonds is 7. The highest BCUT2D eigenvalue weighted by Gasteiger charge is 2.22. The van der Waals surface area contributed by atoms with Gasteiger partial charge in [0.25, 0.3) is 5.91 Å². The Morgan fingerprint density at radius 1 is 1.12 bits per heavy atom. The predicted molar refractivity (Wildman–Crippen MR) is 133 cm³/mol. The molecule has 168 valence electrons. The molecular formula is C27H25BrN2O3. The molecule has 3 aromatic rings. The smallest absolute Gasteiger partial charge is 0.264 e. The first kappa shape index (κ1) is 22.9. The van der Waals surface area contributed by atoms with Crippen molar-refractivity contribution < 1.29 is 14.3 Å². The monoisotopic (exact) mass is 504 g/mol. The average Bonchev–Trinajstić information content (AvgIpc) is 3.37. The van der Waals surface area contributed by atoms with Crippen LogP contribution in [0.1, 0.15) is 30.9 Å². The number of nitrogens with zero attached hydrogens (tertiary/aromatic N) is 2. The van der Waals surface area contributed by atoms with Gasteiger partial charge >= 0.3 is 0 Å². The Hall–Kier alpha value is -3.30. The van der Waals surface area contributed by atoms with Gasteiger partial charge in [-0.1, -0.05) is 42.5 Å². The van der Waals surface area contributed by atoms with Crippen molar-refractivity contribution in [3.05, 3.63) is 75.8 Å². The zero-order valence-electron chi connectivity index (χ0n) is 18.5. The van der Waals surface area contributed by atoms with Gasteiger partial charge in [0.2, 0.25) is 0 Å². The lowest BCUT2D eigenvalue weighted by Gasteiger charge is -2.16. The molecule has 1 aliphatic rings. The topological polar surface area (TPSA) is 62.6 Å². The van der Waals surface area contributed by atoms with E-state index in [0.717, 1.165) is 29.2 Å². The van der Waals surface area contributed by atoms with Gasteiger partial charge in [-0.25, -0.2) is 0 Å². The molecule has 0 aliphatic carbocycles. The van der Waals surface area contributed by atoms with Gasteiger partial charge < -0.3 is 14.4 Å². The molecule has 0 atom stereocenters. The van der Waals surface area contributed by atoms with Crippen molar-refractivity contribution in [3.8, 4) is 17.6 Å². The molecule has 4 rings (SSSR count). The Balaban J connectivity index is 1.61. The third-order valence-corrected chi connectivity index (χ3v) is 6.23. The largest absolute Gasteiger partial charge is 0.490 e. The first-order valence-electron chi connectivity index (χ1n) is 11.1. The van der Waals surface area contributed by atoms with Crippen molar-refractivity contribution in [3.63, 3.8) is 0 Å². The minimum absolute atomic E-state index is 0.121. The fourth-order valence-electron chi connectivity index (χ4n) is 4.04. The van der Waals surface area contributed by atoms with Crippen LogP contribution in [0.5, 0.6) is 11.5 Å². The standard InChI is InChI=1S/C27H25BrN2O3/c1-2-32-25-16-19(14-22(17-29)27(31)30-12-5-6-13-30)15-24(28)26(25)33-18-21-10-7-9-20-8-3-4-11-23(20)21/h3-4,7-11,14-16H,2,5-6,12-13,18H2,1H3/b22-14+. The molecule has 0 N–H and O–H groups in total. The number of carbonyl (C=O) groups excluding carboxylic acids is 1. The Morgan fingerprint density at radius 3 is 2.64 bits per heavy atom. The van der Waals surface area contributed by atoms with E-state index in [4.69, 9.17) is 9.47 Å². The van der Waals surface area contributed by atoms with E-state index in [0.29, 0.717) is 47.8 Å². The summed E-state index contributed by atoms with van der Waals surface area (Å²) >= 11 is 3.59. The lowest BCUT2D eigenvalue weighted by Crippen LogP contribution is -2.28. The van der Waals surface area contributed by atoms with Crippen LogP contribution >= 0.6 is 15.9 Å². The van der Waals surface area contributed by atoms with Gasteiger partial charge in [-0.05, 0) is 75.8 Å². The second-order valence-corrected chi connectivity index (χ2v) is 8.71. The zero-order valence-corrected chi connectivity index (χ0v) is 20.1. The van der Waals surface area contributed by atoms with Crippen molar-refractivity contribution in [2.24, 2.45) is 0 Å². The summed E-state index contributed by atoms with van der Waals surface area (Å²) in [6, 6.07) is 20.1. The van der Waals surface area contributed by atoms with Crippen LogP contribution in [-0.4, -0.2) is 30.5 Å². The van der Waals surface area contributed by atoms with Crippen LogP contribution in [0.3, 0.4) is 0 Å². The molecule has 0 spiro atoms. The maximum atomic E-state index is 12.7. The summed E-state index contributed by atoms with van der Waals surface area (Å²) in [6.07, 6.45) is 3.57. The molecule has 1 heterocycles. The van der Waals surface area contributed by atoms with Gasteiger partial charge in [-0.2, -0.15) is 5.26 Å². The van der Waals surface area contributed by atoms with E-state index in [2.05, 4.69) is 46.3 Å². The number of likely N-dealkylation sites (tertiary alicyclic amines) is 1. The molecule has 1 aliphatic heterocycles. The van der Waals surface area contributed by atoms with Crippen molar-refractivity contribution in [1.82, 2.24) is 4.90 Å². The van der Waals surface area contributed by atoms with Crippen molar-refractivity contribution in [1.29, 1.82) is 5.26 Å². The number of carbonyl (C=O) groups is 1. The van der Waals surface area contributed by atoms with Gasteiger partial charge in [0.1, 0.15) is 18.2 Å². The molecule has 0 aromatic heterocycles. The first-order valence-corrected chi connectivity index (χ1v) is 11.9. The second-order valence-electron chi connectivity index (χ2n) is 7.86. The molecule has 5 nitrogen and oxygen atoms in total. The van der Waals surface area contributed by atoms with Crippen molar-refractivity contribution in [2.45, 2.75) is 26.4 Å². The molecule has 0 radical (unpaired) electrons. The van der Waals surface area contributed by atoms with Crippen LogP contribution < -0.4 is 9.47 Å². The zero-order chi connectivity index (χ0) is 23.2. The summed E-state index contributed by atoms with van der Waals surface area (Å²) in [5.74, 6) is 0.927. The summed E-state index contributed by atoms with van der Waals surface area (Å²) in [5, 5.41) is 11.9. The van der Waals surface area contributed by atoms with E-state index < -0.39 is 0 Å². The molecule has 1 saturated heterocycles. The molecule has 0 saturated carbocycles. The maximum Gasteiger partial charge on any atom is 0.264 e. The summed E-state index contributed by atoms with van der Waals surface area (Å²) in [5.41, 5.74) is 1.90. The Kier molecular flexibility index (Phi) is 7.31. The molecule has 1 fully saturated rings. The highest BCUT2D eigenvalue weighted by atomic mass is 79.9. The predicted octanol–water partition coefficient (Wildman–Crippen LogP) is 6.11. The van der Waals surface area contributed by atoms with Crippen LogP contribution in [0.4, 0.5) is 0 Å². The van der Waals surface area contributed by atoms with Crippen LogP contribution in [0, 0.1) is 11.3 Å². The molecule has 1 amide bonds. The fraction of sp³-hybridized carbons (Fsp3) is 0.259. The Labute approximate surface area is 202 Å². The third kappa shape index (κ3) is 5.20. The Bertz CT molecular complexity index is 1230. The summed E-state index contributed by atoms with van der Waals surface area (Å²) in [7, 11) is 0. The van der Waals surface area contributed by atoms with E-state index in [1.54, 1.807) is 17.0 Å². The SMILES string of the molecule is CCOc1cc(/C=C(\C#N)C(=O)N2CCCC2)cc(Br)c1OCc1cccc2ccccc12. The fourth-order valence-corrected chi connectivity index (χ4v) is 4.62. The summed E-state index contributed by atoms with van der Waals surface area (Å²) in [4.78, 5) is 14.4. The highest BCUT2D eigenvalue weighted by Crippen LogP contribution is 2.38. The van der Waals surface area contributed by atoms with E-state index in [1.165, 1.54) is 0 Å². The minimum Gasteiger partial charge on any atom is -0.490 e. The number of benzene rings is 3. The summed E-state index contributed by atoms with van der Waals surface area (Å²) in [6.45, 7) is 4.15. The Morgan fingerprint density at radius 2 is 1.88 bits per heavy atom.